The number of amides is 1. The van der Waals surface area contributed by atoms with Gasteiger partial charge in [-0.15, -0.1) is 0 Å². The Balaban J connectivity index is 2.47. The fourth-order valence-electron chi connectivity index (χ4n) is 1.57. The molecule has 0 fully saturated rings. The van der Waals surface area contributed by atoms with Gasteiger partial charge in [-0.1, -0.05) is 30.3 Å². The van der Waals surface area contributed by atoms with Crippen molar-refractivity contribution in [1.82, 2.24) is 5.32 Å². The number of carbonyl (C=O) groups is 3. The molecule has 0 aromatic heterocycles. The van der Waals surface area contributed by atoms with Gasteiger partial charge in [0.2, 0.25) is 0 Å². The highest BCUT2D eigenvalue weighted by Gasteiger charge is 2.23. The van der Waals surface area contributed by atoms with Gasteiger partial charge in [0.15, 0.2) is 0 Å². The lowest BCUT2D eigenvalue weighted by atomic mass is 10.1. The minimum atomic E-state index is -1.07. The lowest BCUT2D eigenvalue weighted by Crippen LogP contribution is -2.42. The average molecular weight is 295 g/mol. The molecule has 1 amide bonds. The number of nitrogens with one attached hydrogen (secondary N) is 1. The highest BCUT2D eigenvalue weighted by atomic mass is 16.6. The molecule has 0 unspecified atom stereocenters. The van der Waals surface area contributed by atoms with Crippen LogP contribution in [0.3, 0.4) is 0 Å². The molecule has 7 nitrogen and oxygen atoms in total. The van der Waals surface area contributed by atoms with Crippen molar-refractivity contribution < 1.29 is 29.0 Å². The normalized spacial score (nSPS) is 11.3. The van der Waals surface area contributed by atoms with E-state index in [9.17, 15) is 14.4 Å². The fraction of sp³-hybridized carbons (Fsp3) is 0.357. The second-order valence-corrected chi connectivity index (χ2v) is 4.21. The van der Waals surface area contributed by atoms with Gasteiger partial charge in [-0.25, -0.2) is 9.59 Å². The largest absolute Gasteiger partial charge is 0.481 e. The summed E-state index contributed by atoms with van der Waals surface area (Å²) in [4.78, 5) is 33.6. The molecule has 0 radical (unpaired) electrons. The van der Waals surface area contributed by atoms with Crippen LogP contribution in [-0.4, -0.2) is 36.3 Å². The molecule has 2 N–H and O–H groups in total. The third-order valence-electron chi connectivity index (χ3n) is 2.64. The van der Waals surface area contributed by atoms with Crippen molar-refractivity contribution in [2.24, 2.45) is 0 Å². The Morgan fingerprint density at radius 2 is 1.90 bits per heavy atom. The Morgan fingerprint density at radius 3 is 2.48 bits per heavy atom. The van der Waals surface area contributed by atoms with Gasteiger partial charge in [0.05, 0.1) is 7.11 Å². The minimum Gasteiger partial charge on any atom is -0.481 e. The van der Waals surface area contributed by atoms with Crippen LogP contribution in [0.4, 0.5) is 4.79 Å². The number of methoxy groups -OCH3 is 1. The number of ether oxygens (including phenoxy) is 2. The molecule has 1 aromatic rings. The van der Waals surface area contributed by atoms with Gasteiger partial charge in [-0.05, 0) is 12.0 Å². The van der Waals surface area contributed by atoms with Crippen LogP contribution in [0.25, 0.3) is 0 Å². The van der Waals surface area contributed by atoms with E-state index >= 15 is 0 Å². The monoisotopic (exact) mass is 295 g/mol. The summed E-state index contributed by atoms with van der Waals surface area (Å²) in [6.45, 7) is 0.0551. The van der Waals surface area contributed by atoms with Crippen molar-refractivity contribution in [3.63, 3.8) is 0 Å². The number of alkyl carbamates (subject to hydrolysis) is 1. The van der Waals surface area contributed by atoms with Crippen molar-refractivity contribution in [2.75, 3.05) is 7.11 Å². The molecule has 0 aliphatic heterocycles. The van der Waals surface area contributed by atoms with E-state index in [-0.39, 0.29) is 19.4 Å². The summed E-state index contributed by atoms with van der Waals surface area (Å²) in [5, 5.41) is 10.9. The molecule has 0 aliphatic carbocycles. The molecule has 114 valence electrons. The third kappa shape index (κ3) is 6.42. The van der Waals surface area contributed by atoms with Crippen LogP contribution in [0.1, 0.15) is 18.4 Å². The van der Waals surface area contributed by atoms with E-state index in [4.69, 9.17) is 9.84 Å². The molecule has 0 heterocycles. The van der Waals surface area contributed by atoms with Crippen LogP contribution in [0.15, 0.2) is 30.3 Å². The predicted molar refractivity (Wildman–Crippen MR) is 72.4 cm³/mol. The summed E-state index contributed by atoms with van der Waals surface area (Å²) < 4.78 is 9.46. The van der Waals surface area contributed by atoms with Crippen LogP contribution in [-0.2, 0) is 25.7 Å². The van der Waals surface area contributed by atoms with Crippen molar-refractivity contribution in [3.8, 4) is 0 Å². The van der Waals surface area contributed by atoms with E-state index < -0.39 is 24.1 Å². The predicted octanol–water partition coefficient (Wildman–Crippen LogP) is 1.32. The molecular weight excluding hydrogens is 278 g/mol. The molecule has 1 aromatic carbocycles. The number of carbonyl (C=O) groups excluding carboxylic acids is 2. The summed E-state index contributed by atoms with van der Waals surface area (Å²) in [5.74, 6) is -1.78. The zero-order valence-electron chi connectivity index (χ0n) is 11.6. The number of esters is 1. The summed E-state index contributed by atoms with van der Waals surface area (Å²) in [6, 6.07) is 7.98. The highest BCUT2D eigenvalue weighted by molar-refractivity contribution is 5.81. The van der Waals surface area contributed by atoms with E-state index in [1.54, 1.807) is 24.3 Å². The van der Waals surface area contributed by atoms with Gasteiger partial charge in [0, 0.05) is 6.42 Å². The number of hydrogen-bond donors (Lipinski definition) is 2. The first kappa shape index (κ1) is 16.5. The first-order chi connectivity index (χ1) is 10.0. The SMILES string of the molecule is COC(=O)[C@@H](CCC(=O)O)NC(=O)OCc1ccccc1. The third-order valence-corrected chi connectivity index (χ3v) is 2.64. The number of aliphatic carboxylic acids is 1. The van der Waals surface area contributed by atoms with Crippen molar-refractivity contribution in [2.45, 2.75) is 25.5 Å². The summed E-state index contributed by atoms with van der Waals surface area (Å²) in [6.07, 6.45) is -1.14. The average Bonchev–Trinajstić information content (AvgIpc) is 2.49. The van der Waals surface area contributed by atoms with E-state index in [0.717, 1.165) is 12.7 Å². The molecule has 1 atom stereocenters. The Hall–Kier alpha value is -2.57. The second-order valence-electron chi connectivity index (χ2n) is 4.21. The van der Waals surface area contributed by atoms with Crippen LogP contribution < -0.4 is 5.32 Å². The lowest BCUT2D eigenvalue weighted by molar-refractivity contribution is -0.143. The van der Waals surface area contributed by atoms with Crippen LogP contribution in [0.2, 0.25) is 0 Å². The highest BCUT2D eigenvalue weighted by Crippen LogP contribution is 2.03. The summed E-state index contributed by atoms with van der Waals surface area (Å²) >= 11 is 0. The van der Waals surface area contributed by atoms with E-state index in [1.807, 2.05) is 6.07 Å². The van der Waals surface area contributed by atoms with Crippen molar-refractivity contribution in [1.29, 1.82) is 0 Å². The van der Waals surface area contributed by atoms with Gasteiger partial charge >= 0.3 is 18.0 Å². The van der Waals surface area contributed by atoms with Crippen LogP contribution in [0, 0.1) is 0 Å². The van der Waals surface area contributed by atoms with E-state index in [2.05, 4.69) is 10.1 Å². The Bertz CT molecular complexity index is 487. The van der Waals surface area contributed by atoms with Crippen LogP contribution >= 0.6 is 0 Å². The minimum absolute atomic E-state index is 0.0551. The number of rotatable bonds is 7. The second kappa shape index (κ2) is 8.57. The molecule has 0 aliphatic rings. The van der Waals surface area contributed by atoms with Gasteiger partial charge < -0.3 is 19.9 Å². The van der Waals surface area contributed by atoms with Gasteiger partial charge in [0.25, 0.3) is 0 Å². The van der Waals surface area contributed by atoms with Gasteiger partial charge in [-0.3, -0.25) is 4.79 Å². The Labute approximate surface area is 121 Å². The molecule has 7 heteroatoms. The fourth-order valence-corrected chi connectivity index (χ4v) is 1.57. The molecule has 1 rings (SSSR count). The molecular formula is C14H17NO6. The first-order valence-electron chi connectivity index (χ1n) is 6.29. The smallest absolute Gasteiger partial charge is 0.408 e. The number of hydrogen-bond acceptors (Lipinski definition) is 5. The lowest BCUT2D eigenvalue weighted by Gasteiger charge is -2.15. The Kier molecular flexibility index (Phi) is 6.73. The van der Waals surface area contributed by atoms with Crippen LogP contribution in [0.5, 0.6) is 0 Å². The molecule has 0 saturated heterocycles. The maximum absolute atomic E-state index is 11.6. The number of benzene rings is 1. The standard InChI is InChI=1S/C14H17NO6/c1-20-13(18)11(7-8-12(16)17)15-14(19)21-9-10-5-3-2-4-6-10/h2-6,11H,7-9H2,1H3,(H,15,19)(H,16,17)/t11-/m1/s1. The van der Waals surface area contributed by atoms with E-state index in [1.165, 1.54) is 0 Å². The molecule has 0 bridgehead atoms. The van der Waals surface area contributed by atoms with Gasteiger partial charge in [0.1, 0.15) is 12.6 Å². The Morgan fingerprint density at radius 1 is 1.24 bits per heavy atom. The number of carboxylic acid groups (broad SMARTS) is 1. The summed E-state index contributed by atoms with van der Waals surface area (Å²) in [7, 11) is 1.16. The first-order valence-corrected chi connectivity index (χ1v) is 6.29. The molecule has 0 spiro atoms. The number of carboxylic acids is 1. The quantitative estimate of drug-likeness (QED) is 0.735. The molecule has 21 heavy (non-hydrogen) atoms. The zero-order valence-corrected chi connectivity index (χ0v) is 11.6. The zero-order chi connectivity index (χ0) is 15.7. The van der Waals surface area contributed by atoms with Crippen molar-refractivity contribution >= 4 is 18.0 Å². The maximum atomic E-state index is 11.6. The van der Waals surface area contributed by atoms with Crippen molar-refractivity contribution in [3.05, 3.63) is 35.9 Å². The maximum Gasteiger partial charge on any atom is 0.408 e. The molecule has 0 saturated carbocycles. The summed E-state index contributed by atoms with van der Waals surface area (Å²) in [5.41, 5.74) is 0.799. The topological polar surface area (TPSA) is 102 Å². The van der Waals surface area contributed by atoms with Gasteiger partial charge in [-0.2, -0.15) is 0 Å². The van der Waals surface area contributed by atoms with E-state index in [0.29, 0.717) is 0 Å².